The molecule has 4 bridgehead atoms. The van der Waals surface area contributed by atoms with Gasteiger partial charge in [-0.3, -0.25) is 19.6 Å². The van der Waals surface area contributed by atoms with Gasteiger partial charge in [-0.2, -0.15) is 0 Å². The summed E-state index contributed by atoms with van der Waals surface area (Å²) in [6, 6.07) is 0. The van der Waals surface area contributed by atoms with E-state index in [0.29, 0.717) is 0 Å². The molecule has 0 N–H and O–H groups in total. The van der Waals surface area contributed by atoms with Crippen molar-refractivity contribution in [1.29, 1.82) is 0 Å². The maximum atomic E-state index is 2.47. The van der Waals surface area contributed by atoms with Gasteiger partial charge < -0.3 is 0 Å². The third-order valence-electron chi connectivity index (χ3n) is 2.40. The smallest absolute Gasteiger partial charge is 0.0555 e. The predicted molar refractivity (Wildman–Crippen MR) is 52.0 cm³/mol. The molecule has 4 fully saturated rings. The van der Waals surface area contributed by atoms with Crippen molar-refractivity contribution in [2.24, 2.45) is 0 Å². The van der Waals surface area contributed by atoms with E-state index in [1.54, 1.807) is 0 Å². The molecule has 0 radical (unpaired) electrons. The summed E-state index contributed by atoms with van der Waals surface area (Å²) in [5, 5.41) is 0. The van der Waals surface area contributed by atoms with Gasteiger partial charge in [-0.05, 0) is 0 Å². The second-order valence-electron chi connectivity index (χ2n) is 3.53. The van der Waals surface area contributed by atoms with Gasteiger partial charge in [0.15, 0.2) is 0 Å². The molecule has 0 atom stereocenters. The molecule has 4 aliphatic rings. The van der Waals surface area contributed by atoms with Gasteiger partial charge >= 0.3 is 0 Å². The molecule has 0 aromatic carbocycles. The first-order valence-corrected chi connectivity index (χ1v) is 3.79. The van der Waals surface area contributed by atoms with Crippen molar-refractivity contribution in [2.75, 3.05) is 40.0 Å². The topological polar surface area (TPSA) is 13.0 Å². The molecule has 0 spiro atoms. The summed E-state index contributed by atoms with van der Waals surface area (Å²) in [6.07, 6.45) is 0. The van der Waals surface area contributed by atoms with E-state index in [9.17, 15) is 0 Å². The third kappa shape index (κ3) is 1.78. The zero-order chi connectivity index (χ0) is 6.55. The van der Waals surface area contributed by atoms with Crippen LogP contribution in [0.25, 0.3) is 0 Å². The number of halogens is 1. The molecule has 4 nitrogen and oxygen atoms in total. The quantitative estimate of drug-likeness (QED) is 0.443. The van der Waals surface area contributed by atoms with Crippen molar-refractivity contribution in [3.8, 4) is 0 Å². The zero-order valence-electron chi connectivity index (χ0n) is 6.76. The second kappa shape index (κ2) is 4.06. The Morgan fingerprint density at radius 2 is 0.667 bits per heavy atom. The Bertz CT molecular complexity index is 111. The van der Waals surface area contributed by atoms with E-state index in [2.05, 4.69) is 19.6 Å². The molecule has 74 valence electrons. The first kappa shape index (κ1) is 11.1. The molecule has 4 rings (SSSR count). The summed E-state index contributed by atoms with van der Waals surface area (Å²) in [6.45, 7) is 7.12. The maximum absolute atomic E-state index is 2.47. The molecule has 12 heavy (non-hydrogen) atoms. The van der Waals surface area contributed by atoms with Crippen molar-refractivity contribution < 1.29 is 16.5 Å². The van der Waals surface area contributed by atoms with E-state index in [0.717, 1.165) is 0 Å². The Kier molecular flexibility index (Phi) is 3.77. The fourth-order valence-corrected chi connectivity index (χ4v) is 2.23. The van der Waals surface area contributed by atoms with Crippen LogP contribution in [0.5, 0.6) is 0 Å². The van der Waals surface area contributed by atoms with Crippen molar-refractivity contribution in [2.45, 2.75) is 0 Å². The Morgan fingerprint density at radius 3 is 0.833 bits per heavy atom. The van der Waals surface area contributed by atoms with Gasteiger partial charge in [-0.15, -0.1) is 24.0 Å². The van der Waals surface area contributed by atoms with Gasteiger partial charge in [-0.1, -0.05) is 0 Å². The summed E-state index contributed by atoms with van der Waals surface area (Å²) >= 11 is 0. The van der Waals surface area contributed by atoms with Crippen molar-refractivity contribution in [1.82, 2.24) is 19.6 Å². The van der Waals surface area contributed by atoms with Crippen LogP contribution in [-0.4, -0.2) is 59.6 Å². The summed E-state index contributed by atoms with van der Waals surface area (Å²) in [7, 11) is 0. The fraction of sp³-hybridized carbons (Fsp3) is 1.00. The summed E-state index contributed by atoms with van der Waals surface area (Å²) in [4.78, 5) is 9.88. The van der Waals surface area contributed by atoms with Crippen molar-refractivity contribution in [3.05, 3.63) is 0 Å². The Labute approximate surface area is 99.8 Å². The van der Waals surface area contributed by atoms with Crippen LogP contribution < -0.4 is 0 Å². The Balaban J connectivity index is 0.000000360. The molecule has 0 aliphatic carbocycles. The van der Waals surface area contributed by atoms with Crippen molar-refractivity contribution in [3.63, 3.8) is 0 Å². The molecule has 6 heteroatoms. The van der Waals surface area contributed by atoms with E-state index < -0.39 is 0 Å². The maximum Gasteiger partial charge on any atom is 0.0555 e. The molecule has 0 aromatic rings. The average molecular weight is 327 g/mol. The number of nitrogens with zero attached hydrogens (tertiary/aromatic N) is 4. The van der Waals surface area contributed by atoms with E-state index in [-0.39, 0.29) is 40.5 Å². The summed E-state index contributed by atoms with van der Waals surface area (Å²) in [5.74, 6) is 0. The molecule has 0 unspecified atom stereocenters. The van der Waals surface area contributed by atoms with E-state index in [4.69, 9.17) is 0 Å². The molecule has 4 aliphatic heterocycles. The zero-order valence-corrected chi connectivity index (χ0v) is 10.1. The third-order valence-corrected chi connectivity index (χ3v) is 2.40. The van der Waals surface area contributed by atoms with Crippen LogP contribution in [0, 0.1) is 0 Å². The van der Waals surface area contributed by atoms with Gasteiger partial charge in [0, 0.05) is 16.5 Å². The van der Waals surface area contributed by atoms with E-state index >= 15 is 0 Å². The average Bonchev–Trinajstić information content (AvgIpc) is 1.82. The van der Waals surface area contributed by atoms with Crippen LogP contribution in [-0.2, 0) is 16.5 Å². The molecule has 0 amide bonds. The monoisotopic (exact) mass is 326 g/mol. The minimum absolute atomic E-state index is 0. The van der Waals surface area contributed by atoms with Crippen LogP contribution in [0.2, 0.25) is 0 Å². The Morgan fingerprint density at radius 1 is 0.500 bits per heavy atom. The summed E-state index contributed by atoms with van der Waals surface area (Å²) < 4.78 is 0. The molecule has 4 heterocycles. The SMILES string of the molecule is C1N2CN3CN1CN(C2)C3.I.[Ni]. The minimum Gasteiger partial charge on any atom is -0.264 e. The first-order valence-electron chi connectivity index (χ1n) is 3.79. The summed E-state index contributed by atoms with van der Waals surface area (Å²) in [5.41, 5.74) is 0. The minimum atomic E-state index is 0. The normalized spacial score (nSPS) is 48.0. The van der Waals surface area contributed by atoms with E-state index in [1.165, 1.54) is 40.0 Å². The molecule has 0 aromatic heterocycles. The predicted octanol–water partition coefficient (Wildman–Crippen LogP) is -0.404. The standard InChI is InChI=1S/C6H12N4.HI.Ni/c1-7-2-9-4-8(1)5-10(3-7)6-9;;/h1-6H2;1H;. The van der Waals surface area contributed by atoms with Crippen LogP contribution >= 0.6 is 24.0 Å². The van der Waals surface area contributed by atoms with Crippen LogP contribution in [0.1, 0.15) is 0 Å². The fourth-order valence-electron chi connectivity index (χ4n) is 2.23. The van der Waals surface area contributed by atoms with Gasteiger partial charge in [0.05, 0.1) is 40.0 Å². The van der Waals surface area contributed by atoms with Crippen molar-refractivity contribution >= 4 is 24.0 Å². The number of hydrogen-bond donors (Lipinski definition) is 0. The first-order chi connectivity index (χ1) is 4.90. The van der Waals surface area contributed by atoms with Gasteiger partial charge in [0.2, 0.25) is 0 Å². The largest absolute Gasteiger partial charge is 0.264 e. The molecule has 0 saturated carbocycles. The van der Waals surface area contributed by atoms with Gasteiger partial charge in [0.1, 0.15) is 0 Å². The van der Waals surface area contributed by atoms with Gasteiger partial charge in [0.25, 0.3) is 0 Å². The number of rotatable bonds is 0. The van der Waals surface area contributed by atoms with Crippen LogP contribution in [0.3, 0.4) is 0 Å². The second-order valence-corrected chi connectivity index (χ2v) is 3.53. The van der Waals surface area contributed by atoms with E-state index in [1.807, 2.05) is 0 Å². The number of hydrogen-bond acceptors (Lipinski definition) is 4. The Hall–Kier alpha value is 1.06. The van der Waals surface area contributed by atoms with Gasteiger partial charge in [-0.25, -0.2) is 0 Å². The molecular formula is C6H13IN4Ni. The van der Waals surface area contributed by atoms with Crippen LogP contribution in [0.15, 0.2) is 0 Å². The van der Waals surface area contributed by atoms with Crippen LogP contribution in [0.4, 0.5) is 0 Å². The molecular weight excluding hydrogens is 314 g/mol. The molecule has 4 saturated heterocycles.